The fourth-order valence-corrected chi connectivity index (χ4v) is 1.96. The van der Waals surface area contributed by atoms with Crippen LogP contribution in [0.1, 0.15) is 23.3 Å². The lowest BCUT2D eigenvalue weighted by molar-refractivity contribution is 0.0818. The Morgan fingerprint density at radius 1 is 1.53 bits per heavy atom. The van der Waals surface area contributed by atoms with Crippen molar-refractivity contribution in [2.75, 3.05) is 20.4 Å². The van der Waals surface area contributed by atoms with Gasteiger partial charge in [-0.05, 0) is 25.2 Å². The quantitative estimate of drug-likeness (QED) is 0.769. The van der Waals surface area contributed by atoms with Crippen molar-refractivity contribution >= 4 is 17.7 Å². The number of hydrogen-bond donors (Lipinski definition) is 0. The van der Waals surface area contributed by atoms with Crippen LogP contribution in [0.3, 0.4) is 0 Å². The molecule has 1 amide bonds. The van der Waals surface area contributed by atoms with Gasteiger partial charge in [0, 0.05) is 19.0 Å². The molecule has 0 aliphatic heterocycles. The highest BCUT2D eigenvalue weighted by Crippen LogP contribution is 2.29. The lowest BCUT2D eigenvalue weighted by atomic mass is 10.3. The summed E-state index contributed by atoms with van der Waals surface area (Å²) in [4.78, 5) is 18.5. The number of thioether (sulfide) groups is 1. The van der Waals surface area contributed by atoms with Crippen molar-refractivity contribution in [1.82, 2.24) is 9.88 Å². The van der Waals surface area contributed by atoms with Crippen LogP contribution in [0.15, 0.2) is 17.2 Å². The Morgan fingerprint density at radius 3 is 2.76 bits per heavy atom. The SMILES string of the molecule is CSc1cc(OC2CC2)cnc1C(=O)N(C)C. The van der Waals surface area contributed by atoms with Gasteiger partial charge in [0.25, 0.3) is 5.91 Å². The van der Waals surface area contributed by atoms with E-state index >= 15 is 0 Å². The fraction of sp³-hybridized carbons (Fsp3) is 0.500. The van der Waals surface area contributed by atoms with Gasteiger partial charge < -0.3 is 9.64 Å². The van der Waals surface area contributed by atoms with Crippen LogP contribution in [0.5, 0.6) is 5.75 Å². The van der Waals surface area contributed by atoms with E-state index in [-0.39, 0.29) is 5.91 Å². The minimum absolute atomic E-state index is 0.0766. The van der Waals surface area contributed by atoms with Crippen molar-refractivity contribution in [3.8, 4) is 5.75 Å². The number of pyridine rings is 1. The van der Waals surface area contributed by atoms with Crippen molar-refractivity contribution in [3.63, 3.8) is 0 Å². The van der Waals surface area contributed by atoms with Crippen molar-refractivity contribution in [1.29, 1.82) is 0 Å². The van der Waals surface area contributed by atoms with Crippen molar-refractivity contribution in [3.05, 3.63) is 18.0 Å². The minimum Gasteiger partial charge on any atom is -0.489 e. The fourth-order valence-electron chi connectivity index (χ4n) is 1.40. The van der Waals surface area contributed by atoms with Crippen LogP contribution in [0, 0.1) is 0 Å². The van der Waals surface area contributed by atoms with Crippen molar-refractivity contribution < 1.29 is 9.53 Å². The molecule has 5 heteroatoms. The molecule has 1 fully saturated rings. The number of hydrogen-bond acceptors (Lipinski definition) is 4. The van der Waals surface area contributed by atoms with E-state index in [1.807, 2.05) is 12.3 Å². The van der Waals surface area contributed by atoms with Crippen LogP contribution in [0.4, 0.5) is 0 Å². The van der Waals surface area contributed by atoms with Crippen LogP contribution in [0.25, 0.3) is 0 Å². The van der Waals surface area contributed by atoms with E-state index in [4.69, 9.17) is 4.74 Å². The third-order valence-electron chi connectivity index (χ3n) is 2.48. The molecule has 0 spiro atoms. The van der Waals surface area contributed by atoms with Gasteiger partial charge in [0.2, 0.25) is 0 Å². The van der Waals surface area contributed by atoms with E-state index in [0.717, 1.165) is 23.5 Å². The molecule has 1 aliphatic rings. The number of rotatable bonds is 4. The molecular formula is C12H16N2O2S. The van der Waals surface area contributed by atoms with Crippen molar-refractivity contribution in [2.45, 2.75) is 23.8 Å². The van der Waals surface area contributed by atoms with Crippen molar-refractivity contribution in [2.24, 2.45) is 0 Å². The van der Waals surface area contributed by atoms with Crippen LogP contribution < -0.4 is 4.74 Å². The Labute approximate surface area is 105 Å². The highest BCUT2D eigenvalue weighted by atomic mass is 32.2. The van der Waals surface area contributed by atoms with Gasteiger partial charge in [-0.15, -0.1) is 11.8 Å². The molecule has 0 atom stereocenters. The zero-order valence-corrected chi connectivity index (χ0v) is 11.1. The van der Waals surface area contributed by atoms with E-state index in [9.17, 15) is 4.79 Å². The van der Waals surface area contributed by atoms with E-state index in [2.05, 4.69) is 4.98 Å². The molecule has 1 aromatic heterocycles. The molecule has 1 heterocycles. The van der Waals surface area contributed by atoms with Gasteiger partial charge >= 0.3 is 0 Å². The summed E-state index contributed by atoms with van der Waals surface area (Å²) in [6.07, 6.45) is 6.15. The molecule has 1 saturated carbocycles. The molecule has 2 rings (SSSR count). The number of ether oxygens (including phenoxy) is 1. The second-order valence-electron chi connectivity index (χ2n) is 4.24. The zero-order valence-electron chi connectivity index (χ0n) is 10.3. The van der Waals surface area contributed by atoms with E-state index in [1.54, 1.807) is 20.3 Å². The zero-order chi connectivity index (χ0) is 12.4. The number of carbonyl (C=O) groups excluding carboxylic acids is 1. The first kappa shape index (κ1) is 12.2. The number of nitrogens with zero attached hydrogens (tertiary/aromatic N) is 2. The predicted molar refractivity (Wildman–Crippen MR) is 67.7 cm³/mol. The smallest absolute Gasteiger partial charge is 0.273 e. The standard InChI is InChI=1S/C12H16N2O2S/c1-14(2)12(15)11-10(17-3)6-9(7-13-11)16-8-4-5-8/h6-8H,4-5H2,1-3H3. The highest BCUT2D eigenvalue weighted by Gasteiger charge is 2.24. The second kappa shape index (κ2) is 4.96. The molecule has 4 nitrogen and oxygen atoms in total. The Balaban J connectivity index is 2.23. The van der Waals surface area contributed by atoms with Gasteiger partial charge in [-0.3, -0.25) is 4.79 Å². The van der Waals surface area contributed by atoms with Gasteiger partial charge in [0.05, 0.1) is 12.3 Å². The second-order valence-corrected chi connectivity index (χ2v) is 5.09. The average Bonchev–Trinajstić information content (AvgIpc) is 3.11. The molecular weight excluding hydrogens is 236 g/mol. The molecule has 0 saturated heterocycles. The first-order chi connectivity index (χ1) is 8.11. The Hall–Kier alpha value is -1.23. The largest absolute Gasteiger partial charge is 0.489 e. The monoisotopic (exact) mass is 252 g/mol. The summed E-state index contributed by atoms with van der Waals surface area (Å²) in [6, 6.07) is 1.90. The Kier molecular flexibility index (Phi) is 3.57. The Bertz CT molecular complexity index is 431. The maximum atomic E-state index is 11.9. The van der Waals surface area contributed by atoms with Gasteiger partial charge in [-0.2, -0.15) is 0 Å². The third-order valence-corrected chi connectivity index (χ3v) is 3.23. The first-order valence-corrected chi connectivity index (χ1v) is 6.76. The first-order valence-electron chi connectivity index (χ1n) is 5.54. The summed E-state index contributed by atoms with van der Waals surface area (Å²) >= 11 is 1.51. The third kappa shape index (κ3) is 2.91. The normalized spacial score (nSPS) is 14.5. The number of amides is 1. The van der Waals surface area contributed by atoms with Crippen LogP contribution in [-0.4, -0.2) is 42.2 Å². The lowest BCUT2D eigenvalue weighted by Gasteiger charge is -2.13. The summed E-state index contributed by atoms with van der Waals surface area (Å²) < 4.78 is 5.66. The molecule has 0 N–H and O–H groups in total. The molecule has 17 heavy (non-hydrogen) atoms. The van der Waals surface area contributed by atoms with Gasteiger partial charge in [-0.1, -0.05) is 0 Å². The van der Waals surface area contributed by atoms with E-state index < -0.39 is 0 Å². The summed E-state index contributed by atoms with van der Waals surface area (Å²) in [6.45, 7) is 0. The molecule has 1 aromatic rings. The maximum absolute atomic E-state index is 11.9. The molecule has 0 unspecified atom stereocenters. The highest BCUT2D eigenvalue weighted by molar-refractivity contribution is 7.98. The maximum Gasteiger partial charge on any atom is 0.273 e. The number of aromatic nitrogens is 1. The molecule has 92 valence electrons. The molecule has 0 aromatic carbocycles. The van der Waals surface area contributed by atoms with Gasteiger partial charge in [0.15, 0.2) is 0 Å². The van der Waals surface area contributed by atoms with E-state index in [0.29, 0.717) is 11.8 Å². The van der Waals surface area contributed by atoms with Gasteiger partial charge in [-0.25, -0.2) is 4.98 Å². The minimum atomic E-state index is -0.0766. The number of carbonyl (C=O) groups is 1. The van der Waals surface area contributed by atoms with Crippen LogP contribution in [0.2, 0.25) is 0 Å². The molecule has 0 radical (unpaired) electrons. The van der Waals surface area contributed by atoms with Crippen LogP contribution in [-0.2, 0) is 0 Å². The summed E-state index contributed by atoms with van der Waals surface area (Å²) in [5, 5.41) is 0. The lowest BCUT2D eigenvalue weighted by Crippen LogP contribution is -2.23. The predicted octanol–water partition coefficient (Wildman–Crippen LogP) is 2.05. The van der Waals surface area contributed by atoms with Crippen LogP contribution >= 0.6 is 11.8 Å². The summed E-state index contributed by atoms with van der Waals surface area (Å²) in [5.74, 6) is 0.680. The van der Waals surface area contributed by atoms with Gasteiger partial charge in [0.1, 0.15) is 11.4 Å². The average molecular weight is 252 g/mol. The summed E-state index contributed by atoms with van der Waals surface area (Å²) in [5.41, 5.74) is 0.491. The Morgan fingerprint density at radius 2 is 2.24 bits per heavy atom. The summed E-state index contributed by atoms with van der Waals surface area (Å²) in [7, 11) is 3.45. The molecule has 0 bridgehead atoms. The van der Waals surface area contributed by atoms with E-state index in [1.165, 1.54) is 16.7 Å². The molecule has 1 aliphatic carbocycles. The topological polar surface area (TPSA) is 42.4 Å².